The number of sulfonamides is 2. The molecule has 1 amide bonds. The summed E-state index contributed by atoms with van der Waals surface area (Å²) < 4.78 is 56.7. The lowest BCUT2D eigenvalue weighted by atomic mass is 10.1. The Balaban J connectivity index is 1.36. The first-order valence-electron chi connectivity index (χ1n) is 12.5. The predicted molar refractivity (Wildman–Crippen MR) is 167 cm³/mol. The summed E-state index contributed by atoms with van der Waals surface area (Å²) in [5, 5.41) is 4.61. The van der Waals surface area contributed by atoms with Gasteiger partial charge in [0.2, 0.25) is 5.91 Å². The van der Waals surface area contributed by atoms with Crippen molar-refractivity contribution in [1.29, 1.82) is 0 Å². The number of benzene rings is 5. The van der Waals surface area contributed by atoms with Crippen LogP contribution in [0.15, 0.2) is 125 Å². The van der Waals surface area contributed by atoms with Crippen LogP contribution in [0.25, 0.3) is 10.8 Å². The number of rotatable bonds is 9. The molecule has 0 aromatic heterocycles. The van der Waals surface area contributed by atoms with E-state index in [1.54, 1.807) is 30.3 Å². The van der Waals surface area contributed by atoms with Crippen LogP contribution in [-0.2, 0) is 24.8 Å². The number of anilines is 3. The van der Waals surface area contributed by atoms with Crippen LogP contribution in [0.5, 0.6) is 0 Å². The largest absolute Gasteiger partial charge is 0.325 e. The molecule has 0 heterocycles. The highest BCUT2D eigenvalue weighted by atomic mass is 35.5. The third-order valence-corrected chi connectivity index (χ3v) is 9.97. The van der Waals surface area contributed by atoms with E-state index in [0.29, 0.717) is 10.7 Å². The van der Waals surface area contributed by atoms with Gasteiger partial charge in [-0.3, -0.25) is 13.8 Å². The van der Waals surface area contributed by atoms with Gasteiger partial charge in [0.1, 0.15) is 6.54 Å². The molecule has 0 spiro atoms. The molecule has 0 unspecified atom stereocenters. The third kappa shape index (κ3) is 6.37. The van der Waals surface area contributed by atoms with Gasteiger partial charge < -0.3 is 5.32 Å². The van der Waals surface area contributed by atoms with Gasteiger partial charge in [-0.25, -0.2) is 16.8 Å². The number of hydrogen-bond acceptors (Lipinski definition) is 5. The van der Waals surface area contributed by atoms with Crippen LogP contribution in [0.2, 0.25) is 10.0 Å². The Morgan fingerprint density at radius 1 is 0.714 bits per heavy atom. The molecular formula is C30H23Cl2N3O5S2. The fourth-order valence-electron chi connectivity index (χ4n) is 4.27. The molecule has 0 fully saturated rings. The highest BCUT2D eigenvalue weighted by molar-refractivity contribution is 7.93. The Hall–Kier alpha value is -4.09. The van der Waals surface area contributed by atoms with E-state index in [-0.39, 0.29) is 26.2 Å². The summed E-state index contributed by atoms with van der Waals surface area (Å²) >= 11 is 12.3. The zero-order valence-electron chi connectivity index (χ0n) is 21.7. The van der Waals surface area contributed by atoms with Crippen LogP contribution in [0, 0.1) is 0 Å². The molecule has 0 atom stereocenters. The van der Waals surface area contributed by atoms with Gasteiger partial charge >= 0.3 is 0 Å². The van der Waals surface area contributed by atoms with Gasteiger partial charge in [0.15, 0.2) is 0 Å². The summed E-state index contributed by atoms with van der Waals surface area (Å²) in [5.74, 6) is -0.676. The molecule has 0 radical (unpaired) electrons. The highest BCUT2D eigenvalue weighted by Crippen LogP contribution is 2.33. The van der Waals surface area contributed by atoms with Gasteiger partial charge in [0.25, 0.3) is 20.0 Å². The van der Waals surface area contributed by atoms with Crippen molar-refractivity contribution in [2.24, 2.45) is 0 Å². The molecule has 5 aromatic rings. The second-order valence-electron chi connectivity index (χ2n) is 9.13. The Kier molecular flexibility index (Phi) is 8.42. The van der Waals surface area contributed by atoms with E-state index in [1.807, 2.05) is 30.3 Å². The summed E-state index contributed by atoms with van der Waals surface area (Å²) in [5.41, 5.74) is 0.774. The topological polar surface area (TPSA) is 113 Å². The predicted octanol–water partition coefficient (Wildman–Crippen LogP) is 6.78. The molecule has 0 aliphatic heterocycles. The number of halogens is 2. The lowest BCUT2D eigenvalue weighted by Crippen LogP contribution is -2.38. The standard InChI is InChI=1S/C30H23Cl2N3O5S2/c31-22-13-18-29(27(32)19-22)35(42(39,40)25-9-2-1-3-10-25)20-30(36)33-23-14-16-24(17-15-23)41(37,38)34-28-12-6-8-21-7-4-5-11-26(21)28/h1-19,34H,20H2,(H,33,36). The monoisotopic (exact) mass is 639 g/mol. The average molecular weight is 641 g/mol. The van der Waals surface area contributed by atoms with E-state index < -0.39 is 32.5 Å². The van der Waals surface area contributed by atoms with Crippen molar-refractivity contribution in [3.63, 3.8) is 0 Å². The van der Waals surface area contributed by atoms with E-state index >= 15 is 0 Å². The molecule has 0 aliphatic carbocycles. The van der Waals surface area contributed by atoms with E-state index in [1.165, 1.54) is 54.6 Å². The Morgan fingerprint density at radius 2 is 1.38 bits per heavy atom. The number of carbonyl (C=O) groups excluding carboxylic acids is 1. The summed E-state index contributed by atoms with van der Waals surface area (Å²) in [6, 6.07) is 30.2. The maximum Gasteiger partial charge on any atom is 0.264 e. The summed E-state index contributed by atoms with van der Waals surface area (Å²) in [6.07, 6.45) is 0. The molecule has 5 rings (SSSR count). The van der Waals surface area contributed by atoms with Gasteiger partial charge in [-0.1, -0.05) is 77.8 Å². The zero-order chi connectivity index (χ0) is 29.9. The molecular weight excluding hydrogens is 617 g/mol. The smallest absolute Gasteiger partial charge is 0.264 e. The van der Waals surface area contributed by atoms with Crippen LogP contribution in [0.3, 0.4) is 0 Å². The fourth-order valence-corrected chi connectivity index (χ4v) is 7.37. The minimum absolute atomic E-state index is 0.0188. The average Bonchev–Trinajstić information content (AvgIpc) is 2.97. The maximum atomic E-state index is 13.5. The van der Waals surface area contributed by atoms with E-state index in [4.69, 9.17) is 23.2 Å². The summed E-state index contributed by atoms with van der Waals surface area (Å²) in [7, 11) is -8.13. The molecule has 12 heteroatoms. The molecule has 0 bridgehead atoms. The minimum atomic E-state index is -4.19. The molecule has 0 saturated heterocycles. The number of amides is 1. The first-order valence-corrected chi connectivity index (χ1v) is 16.2. The SMILES string of the molecule is O=C(CN(c1ccc(Cl)cc1Cl)S(=O)(=O)c1ccccc1)Nc1ccc(S(=O)(=O)Nc2cccc3ccccc23)cc1. The van der Waals surface area contributed by atoms with E-state index in [9.17, 15) is 21.6 Å². The van der Waals surface area contributed by atoms with Gasteiger partial charge in [0, 0.05) is 16.1 Å². The van der Waals surface area contributed by atoms with Gasteiger partial charge in [-0.2, -0.15) is 0 Å². The first kappa shape index (κ1) is 29.4. The van der Waals surface area contributed by atoms with Crippen molar-refractivity contribution in [2.45, 2.75) is 9.79 Å². The van der Waals surface area contributed by atoms with Crippen molar-refractivity contribution in [3.8, 4) is 0 Å². The molecule has 8 nitrogen and oxygen atoms in total. The van der Waals surface area contributed by atoms with Crippen LogP contribution in [0.1, 0.15) is 0 Å². The van der Waals surface area contributed by atoms with Crippen molar-refractivity contribution < 1.29 is 21.6 Å². The third-order valence-electron chi connectivity index (χ3n) is 6.28. The number of nitrogens with zero attached hydrogens (tertiary/aromatic N) is 1. The number of fused-ring (bicyclic) bond motifs is 1. The lowest BCUT2D eigenvalue weighted by Gasteiger charge is -2.25. The molecule has 0 aliphatic rings. The summed E-state index contributed by atoms with van der Waals surface area (Å²) in [4.78, 5) is 13.0. The lowest BCUT2D eigenvalue weighted by molar-refractivity contribution is -0.114. The van der Waals surface area contributed by atoms with Gasteiger partial charge in [-0.05, 0) is 66.0 Å². The van der Waals surface area contributed by atoms with E-state index in [2.05, 4.69) is 10.0 Å². The van der Waals surface area contributed by atoms with Crippen LogP contribution in [0.4, 0.5) is 17.1 Å². The van der Waals surface area contributed by atoms with Crippen molar-refractivity contribution in [3.05, 3.63) is 125 Å². The number of carbonyl (C=O) groups is 1. The first-order chi connectivity index (χ1) is 20.0. The fraction of sp³-hybridized carbons (Fsp3) is 0.0333. The minimum Gasteiger partial charge on any atom is -0.325 e. The molecule has 42 heavy (non-hydrogen) atoms. The number of hydrogen-bond donors (Lipinski definition) is 2. The van der Waals surface area contributed by atoms with Crippen molar-refractivity contribution in [1.82, 2.24) is 0 Å². The number of nitrogens with one attached hydrogen (secondary N) is 2. The highest BCUT2D eigenvalue weighted by Gasteiger charge is 2.29. The van der Waals surface area contributed by atoms with Crippen LogP contribution >= 0.6 is 23.2 Å². The van der Waals surface area contributed by atoms with Gasteiger partial charge in [-0.15, -0.1) is 0 Å². The second kappa shape index (κ2) is 12.0. The quantitative estimate of drug-likeness (QED) is 0.185. The Labute approximate surface area is 253 Å². The van der Waals surface area contributed by atoms with E-state index in [0.717, 1.165) is 15.1 Å². The van der Waals surface area contributed by atoms with Crippen molar-refractivity contribution in [2.75, 3.05) is 20.9 Å². The molecule has 0 saturated carbocycles. The Bertz CT molecular complexity index is 1980. The second-order valence-corrected chi connectivity index (χ2v) is 13.5. The normalized spacial score (nSPS) is 11.7. The maximum absolute atomic E-state index is 13.5. The molecule has 2 N–H and O–H groups in total. The molecule has 214 valence electrons. The van der Waals surface area contributed by atoms with Crippen LogP contribution in [-0.4, -0.2) is 29.3 Å². The zero-order valence-corrected chi connectivity index (χ0v) is 24.9. The molecule has 5 aromatic carbocycles. The Morgan fingerprint density at radius 3 is 2.10 bits per heavy atom. The van der Waals surface area contributed by atoms with Crippen molar-refractivity contribution >= 4 is 77.0 Å². The van der Waals surface area contributed by atoms with Gasteiger partial charge in [0.05, 0.1) is 26.2 Å². The summed E-state index contributed by atoms with van der Waals surface area (Å²) in [6.45, 7) is -0.610. The van der Waals surface area contributed by atoms with Crippen LogP contribution < -0.4 is 14.3 Å².